The van der Waals surface area contributed by atoms with Gasteiger partial charge in [0.15, 0.2) is 4.80 Å². The zero-order valence-corrected chi connectivity index (χ0v) is 18.5. The van der Waals surface area contributed by atoms with Crippen LogP contribution in [0.15, 0.2) is 29.3 Å². The average molecular weight is 431 g/mol. The Bertz CT molecular complexity index is 1130. The molecule has 0 fully saturated rings. The minimum atomic E-state index is -0.370. The molecule has 1 aromatic carbocycles. The fraction of sp³-hybridized carbons (Fsp3) is 0.429. The summed E-state index contributed by atoms with van der Waals surface area (Å²) in [5, 5.41) is 4.33. The van der Waals surface area contributed by atoms with Gasteiger partial charge in [0.25, 0.3) is 5.91 Å². The highest BCUT2D eigenvalue weighted by molar-refractivity contribution is 7.16. The molecule has 30 heavy (non-hydrogen) atoms. The van der Waals surface area contributed by atoms with Crippen LogP contribution >= 0.6 is 11.3 Å². The lowest BCUT2D eigenvalue weighted by Crippen LogP contribution is -2.20. The first-order valence-corrected chi connectivity index (χ1v) is 10.8. The molecule has 0 unspecified atom stereocenters. The van der Waals surface area contributed by atoms with Gasteiger partial charge in [-0.2, -0.15) is 10.1 Å². The van der Waals surface area contributed by atoms with E-state index in [-0.39, 0.29) is 11.9 Å². The molecular weight excluding hydrogens is 404 g/mol. The molecule has 0 radical (unpaired) electrons. The van der Waals surface area contributed by atoms with Crippen molar-refractivity contribution >= 4 is 33.4 Å². The molecule has 9 heteroatoms. The second-order valence-electron chi connectivity index (χ2n) is 6.54. The molecule has 0 spiro atoms. The van der Waals surface area contributed by atoms with Crippen molar-refractivity contribution in [2.45, 2.75) is 40.8 Å². The van der Waals surface area contributed by atoms with Crippen LogP contribution in [0.25, 0.3) is 10.2 Å². The minimum Gasteiger partial charge on any atom is -0.462 e. The predicted molar refractivity (Wildman–Crippen MR) is 115 cm³/mol. The maximum atomic E-state index is 12.9. The van der Waals surface area contributed by atoms with Crippen LogP contribution in [0.2, 0.25) is 0 Å². The van der Waals surface area contributed by atoms with Crippen molar-refractivity contribution in [3.05, 3.63) is 46.0 Å². The first-order valence-electron chi connectivity index (χ1n) is 10.00. The van der Waals surface area contributed by atoms with Gasteiger partial charge in [-0.25, -0.2) is 4.79 Å². The van der Waals surface area contributed by atoms with Crippen molar-refractivity contribution in [3.8, 4) is 0 Å². The van der Waals surface area contributed by atoms with Gasteiger partial charge in [0.1, 0.15) is 5.69 Å². The average Bonchev–Trinajstić information content (AvgIpc) is 3.27. The van der Waals surface area contributed by atoms with Gasteiger partial charge in [-0.3, -0.25) is 9.48 Å². The number of thiazole rings is 1. The molecular formula is C21H26N4O4S. The minimum absolute atomic E-state index is 0.315. The summed E-state index contributed by atoms with van der Waals surface area (Å²) in [7, 11) is 0. The van der Waals surface area contributed by atoms with Crippen LogP contribution in [0.1, 0.15) is 47.3 Å². The maximum Gasteiger partial charge on any atom is 0.338 e. The predicted octanol–water partition coefficient (Wildman–Crippen LogP) is 3.18. The summed E-state index contributed by atoms with van der Waals surface area (Å²) in [6.45, 7) is 10.0. The van der Waals surface area contributed by atoms with Gasteiger partial charge in [-0.05, 0) is 52.0 Å². The lowest BCUT2D eigenvalue weighted by atomic mass is 10.2. The monoisotopic (exact) mass is 430 g/mol. The number of esters is 1. The number of aryl methyl sites for hydroxylation is 2. The van der Waals surface area contributed by atoms with E-state index < -0.39 is 0 Å². The Balaban J connectivity index is 2.08. The summed E-state index contributed by atoms with van der Waals surface area (Å²) in [5.74, 6) is -0.717. The number of fused-ring (bicyclic) bond motifs is 1. The van der Waals surface area contributed by atoms with Gasteiger partial charge in [0.2, 0.25) is 0 Å². The van der Waals surface area contributed by atoms with Gasteiger partial charge >= 0.3 is 5.97 Å². The molecule has 0 bridgehead atoms. The van der Waals surface area contributed by atoms with Crippen molar-refractivity contribution in [3.63, 3.8) is 0 Å². The SMILES string of the molecule is CCOCCn1c(=NC(=O)c2cc(C)nn2CC)sc2cc(C(=O)OCC)ccc21. The van der Waals surface area contributed by atoms with Gasteiger partial charge in [-0.15, -0.1) is 0 Å². The van der Waals surface area contributed by atoms with Crippen molar-refractivity contribution in [2.24, 2.45) is 4.99 Å². The van der Waals surface area contributed by atoms with Gasteiger partial charge in [0.05, 0.1) is 34.7 Å². The van der Waals surface area contributed by atoms with E-state index in [2.05, 4.69) is 10.1 Å². The molecule has 1 amide bonds. The van der Waals surface area contributed by atoms with Crippen LogP contribution in [0.3, 0.4) is 0 Å². The Kier molecular flexibility index (Phi) is 7.17. The number of hydrogen-bond donors (Lipinski definition) is 0. The summed E-state index contributed by atoms with van der Waals surface area (Å²) in [4.78, 5) is 29.9. The molecule has 0 aliphatic heterocycles. The molecule has 0 atom stereocenters. The zero-order valence-electron chi connectivity index (χ0n) is 17.7. The fourth-order valence-electron chi connectivity index (χ4n) is 3.12. The quantitative estimate of drug-likeness (QED) is 0.405. The number of aromatic nitrogens is 3. The molecule has 0 saturated carbocycles. The molecule has 8 nitrogen and oxygen atoms in total. The van der Waals surface area contributed by atoms with E-state index >= 15 is 0 Å². The molecule has 3 aromatic rings. The van der Waals surface area contributed by atoms with Crippen LogP contribution in [0.4, 0.5) is 0 Å². The van der Waals surface area contributed by atoms with Gasteiger partial charge in [0, 0.05) is 19.7 Å². The summed E-state index contributed by atoms with van der Waals surface area (Å²) in [6, 6.07) is 7.10. The van der Waals surface area contributed by atoms with E-state index in [9.17, 15) is 9.59 Å². The van der Waals surface area contributed by atoms with E-state index in [4.69, 9.17) is 9.47 Å². The van der Waals surface area contributed by atoms with Crippen LogP contribution < -0.4 is 4.80 Å². The van der Waals surface area contributed by atoms with Crippen molar-refractivity contribution in [1.82, 2.24) is 14.3 Å². The Morgan fingerprint density at radius 2 is 1.97 bits per heavy atom. The number of hydrogen-bond acceptors (Lipinski definition) is 6. The van der Waals surface area contributed by atoms with E-state index in [1.54, 1.807) is 29.8 Å². The molecule has 0 aliphatic carbocycles. The summed E-state index contributed by atoms with van der Waals surface area (Å²) < 4.78 is 15.0. The van der Waals surface area contributed by atoms with E-state index in [0.717, 1.165) is 15.9 Å². The number of carbonyl (C=O) groups is 2. The number of rotatable bonds is 8. The third-order valence-corrected chi connectivity index (χ3v) is 5.52. The number of benzene rings is 1. The van der Waals surface area contributed by atoms with Crippen molar-refractivity contribution in [1.29, 1.82) is 0 Å². The van der Waals surface area contributed by atoms with Crippen LogP contribution in [-0.4, -0.2) is 46.0 Å². The summed E-state index contributed by atoms with van der Waals surface area (Å²) >= 11 is 1.36. The van der Waals surface area contributed by atoms with Gasteiger partial charge < -0.3 is 14.0 Å². The second kappa shape index (κ2) is 9.82. The first-order chi connectivity index (χ1) is 14.5. The third kappa shape index (κ3) is 4.68. The molecule has 2 aromatic heterocycles. The molecule has 0 aliphatic rings. The fourth-order valence-corrected chi connectivity index (χ4v) is 4.21. The van der Waals surface area contributed by atoms with Crippen molar-refractivity contribution in [2.75, 3.05) is 19.8 Å². The van der Waals surface area contributed by atoms with Crippen molar-refractivity contribution < 1.29 is 19.1 Å². The highest BCUT2D eigenvalue weighted by Crippen LogP contribution is 2.20. The smallest absolute Gasteiger partial charge is 0.338 e. The second-order valence-corrected chi connectivity index (χ2v) is 7.55. The molecule has 0 saturated heterocycles. The van der Waals surface area contributed by atoms with Crippen LogP contribution in [0, 0.1) is 6.92 Å². The molecule has 3 rings (SSSR count). The van der Waals surface area contributed by atoms with E-state index in [0.29, 0.717) is 49.0 Å². The summed E-state index contributed by atoms with van der Waals surface area (Å²) in [5.41, 5.74) is 2.59. The molecule has 2 heterocycles. The Hall–Kier alpha value is -2.78. The third-order valence-electron chi connectivity index (χ3n) is 4.48. The number of carbonyl (C=O) groups excluding carboxylic acids is 2. The Morgan fingerprint density at radius 3 is 2.67 bits per heavy atom. The highest BCUT2D eigenvalue weighted by atomic mass is 32.1. The normalized spacial score (nSPS) is 11.9. The summed E-state index contributed by atoms with van der Waals surface area (Å²) in [6.07, 6.45) is 0. The van der Waals surface area contributed by atoms with Gasteiger partial charge in [-0.1, -0.05) is 11.3 Å². The Labute approximate surface area is 178 Å². The number of ether oxygens (including phenoxy) is 2. The first kappa shape index (κ1) is 21.9. The number of amides is 1. The largest absolute Gasteiger partial charge is 0.462 e. The maximum absolute atomic E-state index is 12.9. The van der Waals surface area contributed by atoms with Crippen LogP contribution in [0.5, 0.6) is 0 Å². The lowest BCUT2D eigenvalue weighted by molar-refractivity contribution is 0.0526. The van der Waals surface area contributed by atoms with Crippen LogP contribution in [-0.2, 0) is 22.6 Å². The highest BCUT2D eigenvalue weighted by Gasteiger charge is 2.15. The topological polar surface area (TPSA) is 87.7 Å². The molecule has 160 valence electrons. The zero-order chi connectivity index (χ0) is 21.7. The molecule has 0 N–H and O–H groups in total. The number of nitrogens with zero attached hydrogens (tertiary/aromatic N) is 4. The Morgan fingerprint density at radius 1 is 1.17 bits per heavy atom. The van der Waals surface area contributed by atoms with E-state index in [1.165, 1.54) is 11.3 Å². The van der Waals surface area contributed by atoms with E-state index in [1.807, 2.05) is 31.4 Å². The lowest BCUT2D eigenvalue weighted by Gasteiger charge is -2.06. The standard InChI is InChI=1S/C21H26N4O4S/c1-5-25-17(12-14(4)23-25)19(26)22-21-24(10-11-28-6-2)16-9-8-15(13-18(16)30-21)20(27)29-7-3/h8-9,12-13H,5-7,10-11H2,1-4H3.